The number of nitrogens with zero attached hydrogens (tertiary/aromatic N) is 4. The van der Waals surface area contributed by atoms with Crippen LogP contribution in [0.3, 0.4) is 0 Å². The Hall–Kier alpha value is -3.12. The Morgan fingerprint density at radius 2 is 1.63 bits per heavy atom. The van der Waals surface area contributed by atoms with Gasteiger partial charge in [0.1, 0.15) is 6.33 Å². The molecule has 0 unspecified atom stereocenters. The van der Waals surface area contributed by atoms with Gasteiger partial charge in [-0.3, -0.25) is 9.78 Å². The van der Waals surface area contributed by atoms with E-state index in [1.165, 1.54) is 25.6 Å². The number of nitrogens with one attached hydrogen (secondary N) is 1. The van der Waals surface area contributed by atoms with Gasteiger partial charge in [0.05, 0.1) is 0 Å². The van der Waals surface area contributed by atoms with Gasteiger partial charge in [0.15, 0.2) is 0 Å². The van der Waals surface area contributed by atoms with Gasteiger partial charge in [-0.05, 0) is 54.8 Å². The summed E-state index contributed by atoms with van der Waals surface area (Å²) in [6.07, 6.45) is 14.3. The molecule has 0 atom stereocenters. The summed E-state index contributed by atoms with van der Waals surface area (Å²) < 4.78 is 0. The van der Waals surface area contributed by atoms with Crippen molar-refractivity contribution in [3.63, 3.8) is 0 Å². The number of hydrogen-bond acceptors (Lipinski definition) is 5. The molecule has 0 saturated carbocycles. The maximum absolute atomic E-state index is 13.4. The van der Waals surface area contributed by atoms with Crippen LogP contribution < -0.4 is 10.2 Å². The highest BCUT2D eigenvalue weighted by Crippen LogP contribution is 2.29. The molecular formula is C24H27N5O. The van der Waals surface area contributed by atoms with Crippen LogP contribution >= 0.6 is 0 Å². The van der Waals surface area contributed by atoms with E-state index in [2.05, 4.69) is 38.5 Å². The van der Waals surface area contributed by atoms with Gasteiger partial charge in [-0.1, -0.05) is 25.3 Å². The Kier molecular flexibility index (Phi) is 6.77. The summed E-state index contributed by atoms with van der Waals surface area (Å²) in [7, 11) is 0. The van der Waals surface area contributed by atoms with Crippen LogP contribution in [0.1, 0.15) is 48.0 Å². The molecule has 154 valence electrons. The predicted octanol–water partition coefficient (Wildman–Crippen LogP) is 4.24. The van der Waals surface area contributed by atoms with Crippen molar-refractivity contribution in [1.29, 1.82) is 0 Å². The zero-order chi connectivity index (χ0) is 20.6. The Labute approximate surface area is 177 Å². The fraction of sp³-hybridized carbons (Fsp3) is 0.333. The molecule has 3 aromatic rings. The number of fused-ring (bicyclic) bond motifs is 1. The lowest BCUT2D eigenvalue weighted by Gasteiger charge is -2.27. The minimum atomic E-state index is 0.0199. The maximum atomic E-state index is 13.4. The number of carbonyl (C=O) groups is 1. The third kappa shape index (κ3) is 4.89. The molecule has 30 heavy (non-hydrogen) atoms. The number of aromatic nitrogens is 3. The van der Waals surface area contributed by atoms with Gasteiger partial charge in [0.2, 0.25) is 0 Å². The van der Waals surface area contributed by atoms with Crippen molar-refractivity contribution >= 4 is 11.6 Å². The Balaban J connectivity index is 1.73. The molecule has 0 fully saturated rings. The van der Waals surface area contributed by atoms with Crippen molar-refractivity contribution in [1.82, 2.24) is 20.3 Å². The molecule has 6 heteroatoms. The minimum absolute atomic E-state index is 0.0199. The summed E-state index contributed by atoms with van der Waals surface area (Å²) in [4.78, 5) is 27.7. The summed E-state index contributed by atoms with van der Waals surface area (Å²) in [5.74, 6) is 0.0199. The number of amides is 1. The average molecular weight is 402 g/mol. The van der Waals surface area contributed by atoms with E-state index >= 15 is 0 Å². The third-order valence-electron chi connectivity index (χ3n) is 5.49. The van der Waals surface area contributed by atoms with E-state index in [9.17, 15) is 4.79 Å². The molecular weight excluding hydrogens is 374 g/mol. The number of rotatable bonds is 2. The molecule has 1 amide bonds. The highest BCUT2D eigenvalue weighted by Gasteiger charge is 2.21. The van der Waals surface area contributed by atoms with Gasteiger partial charge >= 0.3 is 0 Å². The fourth-order valence-electron chi connectivity index (χ4n) is 3.87. The van der Waals surface area contributed by atoms with Gasteiger partial charge in [-0.15, -0.1) is 0 Å². The van der Waals surface area contributed by atoms with E-state index in [1.54, 1.807) is 24.5 Å². The minimum Gasteiger partial charge on any atom is -0.313 e. The molecule has 6 nitrogen and oxygen atoms in total. The first kappa shape index (κ1) is 20.2. The molecule has 1 aliphatic heterocycles. The second-order valence-electron chi connectivity index (χ2n) is 7.61. The topological polar surface area (TPSA) is 71.0 Å². The summed E-state index contributed by atoms with van der Waals surface area (Å²) in [5.41, 5.74) is 4.76. The number of anilines is 1. The summed E-state index contributed by atoms with van der Waals surface area (Å²) >= 11 is 0. The summed E-state index contributed by atoms with van der Waals surface area (Å²) in [6.45, 7) is 2.41. The molecule has 1 N–H and O–H groups in total. The van der Waals surface area contributed by atoms with Crippen molar-refractivity contribution in [2.24, 2.45) is 0 Å². The predicted molar refractivity (Wildman–Crippen MR) is 118 cm³/mol. The van der Waals surface area contributed by atoms with E-state index in [1.807, 2.05) is 17.3 Å². The molecule has 4 rings (SSSR count). The Bertz CT molecular complexity index is 962. The SMILES string of the molecule is O=C(c1ccncc1)N1CCCCCCCNCc2cc(-c3cncnc3)ccc21. The van der Waals surface area contributed by atoms with Crippen LogP contribution in [0.5, 0.6) is 0 Å². The van der Waals surface area contributed by atoms with Crippen LogP contribution in [0, 0.1) is 0 Å². The lowest BCUT2D eigenvalue weighted by molar-refractivity contribution is 0.0986. The van der Waals surface area contributed by atoms with E-state index in [0.29, 0.717) is 12.1 Å². The normalized spacial score (nSPS) is 15.5. The molecule has 3 heterocycles. The first-order valence-electron chi connectivity index (χ1n) is 10.6. The van der Waals surface area contributed by atoms with Crippen LogP contribution in [0.25, 0.3) is 11.1 Å². The molecule has 0 aliphatic carbocycles. The van der Waals surface area contributed by atoms with Crippen molar-refractivity contribution < 1.29 is 4.79 Å². The number of carbonyl (C=O) groups excluding carboxylic acids is 1. The van der Waals surface area contributed by atoms with Crippen LogP contribution in [0.2, 0.25) is 0 Å². The summed E-state index contributed by atoms with van der Waals surface area (Å²) in [6, 6.07) is 9.83. The molecule has 0 spiro atoms. The first-order valence-corrected chi connectivity index (χ1v) is 10.6. The summed E-state index contributed by atoms with van der Waals surface area (Å²) in [5, 5.41) is 3.56. The Morgan fingerprint density at radius 3 is 2.47 bits per heavy atom. The van der Waals surface area contributed by atoms with Crippen LogP contribution in [0.15, 0.2) is 61.4 Å². The first-order chi connectivity index (χ1) is 14.8. The van der Waals surface area contributed by atoms with Crippen molar-refractivity contribution in [2.75, 3.05) is 18.0 Å². The monoisotopic (exact) mass is 401 g/mol. The highest BCUT2D eigenvalue weighted by atomic mass is 16.2. The molecule has 1 aliphatic rings. The van der Waals surface area contributed by atoms with Gasteiger partial charge in [0.25, 0.3) is 5.91 Å². The van der Waals surface area contributed by atoms with Crippen LogP contribution in [-0.4, -0.2) is 33.9 Å². The molecule has 1 aromatic carbocycles. The lowest BCUT2D eigenvalue weighted by atomic mass is 10.0. The van der Waals surface area contributed by atoms with Gasteiger partial charge in [-0.25, -0.2) is 9.97 Å². The number of hydrogen-bond donors (Lipinski definition) is 1. The van der Waals surface area contributed by atoms with E-state index in [4.69, 9.17) is 0 Å². The smallest absolute Gasteiger partial charge is 0.258 e. The average Bonchev–Trinajstić information content (AvgIpc) is 2.80. The standard InChI is InChI=1S/C24H27N5O/c30-24(19-8-11-25-12-9-19)29-13-5-3-1-2-4-10-26-15-21-14-20(6-7-23(21)29)22-16-27-18-28-17-22/h6-9,11-12,14,16-18,26H,1-5,10,13,15H2. The van der Waals surface area contributed by atoms with Crippen LogP contribution in [-0.2, 0) is 6.54 Å². The molecule has 0 saturated heterocycles. The second-order valence-corrected chi connectivity index (χ2v) is 7.61. The zero-order valence-corrected chi connectivity index (χ0v) is 17.1. The maximum Gasteiger partial charge on any atom is 0.258 e. The van der Waals surface area contributed by atoms with Crippen molar-refractivity contribution in [2.45, 2.75) is 38.6 Å². The number of pyridine rings is 1. The quantitative estimate of drug-likeness (QED) is 0.695. The van der Waals surface area contributed by atoms with Gasteiger partial charge < -0.3 is 10.2 Å². The highest BCUT2D eigenvalue weighted by molar-refractivity contribution is 6.06. The van der Waals surface area contributed by atoms with Gasteiger partial charge in [0, 0.05) is 54.7 Å². The van der Waals surface area contributed by atoms with E-state index in [-0.39, 0.29) is 5.91 Å². The zero-order valence-electron chi connectivity index (χ0n) is 17.1. The van der Waals surface area contributed by atoms with Gasteiger partial charge in [-0.2, -0.15) is 0 Å². The molecule has 0 bridgehead atoms. The largest absolute Gasteiger partial charge is 0.313 e. The third-order valence-corrected chi connectivity index (χ3v) is 5.49. The van der Waals surface area contributed by atoms with E-state index in [0.717, 1.165) is 48.3 Å². The molecule has 0 radical (unpaired) electrons. The molecule has 2 aromatic heterocycles. The van der Waals surface area contributed by atoms with Crippen molar-refractivity contribution in [3.05, 3.63) is 72.6 Å². The van der Waals surface area contributed by atoms with Crippen LogP contribution in [0.4, 0.5) is 5.69 Å². The van der Waals surface area contributed by atoms with E-state index < -0.39 is 0 Å². The van der Waals surface area contributed by atoms with Crippen molar-refractivity contribution in [3.8, 4) is 11.1 Å². The lowest BCUT2D eigenvalue weighted by Crippen LogP contribution is -2.33. The second kappa shape index (κ2) is 10.1. The Morgan fingerprint density at radius 1 is 0.867 bits per heavy atom. The fourth-order valence-corrected chi connectivity index (χ4v) is 3.87. The number of benzene rings is 1.